The summed E-state index contributed by atoms with van der Waals surface area (Å²) in [6, 6.07) is 24.3. The Hall–Kier alpha value is -4.70. The van der Waals surface area contributed by atoms with Crippen LogP contribution in [-0.4, -0.2) is 22.1 Å². The third kappa shape index (κ3) is 4.11. The lowest BCUT2D eigenvalue weighted by molar-refractivity contribution is -0.136. The fourth-order valence-corrected chi connectivity index (χ4v) is 3.56. The van der Waals surface area contributed by atoms with Crippen LogP contribution in [0.2, 0.25) is 0 Å². The van der Waals surface area contributed by atoms with Crippen LogP contribution in [-0.2, 0) is 16.0 Å². The van der Waals surface area contributed by atoms with E-state index in [1.807, 2.05) is 47.9 Å². The third-order valence-corrected chi connectivity index (χ3v) is 5.11. The Labute approximate surface area is 183 Å². The molecule has 3 N–H and O–H groups in total. The van der Waals surface area contributed by atoms with Gasteiger partial charge in [-0.1, -0.05) is 30.3 Å². The van der Waals surface area contributed by atoms with E-state index >= 15 is 0 Å². The van der Waals surface area contributed by atoms with Crippen LogP contribution >= 0.6 is 0 Å². The number of carbonyl (C=O) groups excluding carboxylic acids is 3. The zero-order valence-corrected chi connectivity index (χ0v) is 16.9. The molecule has 0 atom stereocenters. The van der Waals surface area contributed by atoms with Gasteiger partial charge in [0.15, 0.2) is 0 Å². The number of amides is 3. The van der Waals surface area contributed by atoms with Gasteiger partial charge in [-0.2, -0.15) is 5.26 Å². The van der Waals surface area contributed by atoms with Gasteiger partial charge in [-0.15, -0.1) is 0 Å². The average Bonchev–Trinajstić information content (AvgIpc) is 3.18. The molecule has 3 amide bonds. The summed E-state index contributed by atoms with van der Waals surface area (Å²) in [5.74, 6) is -3.07. The van der Waals surface area contributed by atoms with E-state index in [4.69, 9.17) is 11.0 Å². The summed E-state index contributed by atoms with van der Waals surface area (Å²) < 4.78 is 2.08. The van der Waals surface area contributed by atoms with Crippen molar-refractivity contribution in [3.8, 4) is 17.2 Å². The lowest BCUT2D eigenvalue weighted by Crippen LogP contribution is -2.39. The van der Waals surface area contributed by atoms with Gasteiger partial charge in [-0.3, -0.25) is 19.7 Å². The van der Waals surface area contributed by atoms with Crippen LogP contribution in [0.4, 0.5) is 0 Å². The number of aromatic nitrogens is 1. The highest BCUT2D eigenvalue weighted by Gasteiger charge is 2.16. The van der Waals surface area contributed by atoms with E-state index in [0.717, 1.165) is 27.9 Å². The standard InChI is InChI=1S/C25H18N4O3/c26-15-17-9-7-16(8-10-17)12-20-14-21(22-6-1-2-11-29(20)22)18-4-3-5-19(13-18)24(31)28-25(32)23(27)30/h1-11,13-14H,12H2,(H2,27,30)(H,28,31,32). The van der Waals surface area contributed by atoms with Crippen molar-refractivity contribution in [3.63, 3.8) is 0 Å². The second-order valence-electron chi connectivity index (χ2n) is 7.22. The molecule has 0 radical (unpaired) electrons. The number of pyridine rings is 1. The van der Waals surface area contributed by atoms with Gasteiger partial charge in [0.25, 0.3) is 5.91 Å². The molecule has 4 rings (SSSR count). The fourth-order valence-electron chi connectivity index (χ4n) is 3.56. The van der Waals surface area contributed by atoms with Gasteiger partial charge in [-0.25, -0.2) is 0 Å². The lowest BCUT2D eigenvalue weighted by atomic mass is 10.0. The molecule has 0 unspecified atom stereocenters. The zero-order valence-electron chi connectivity index (χ0n) is 16.9. The van der Waals surface area contributed by atoms with Crippen LogP contribution < -0.4 is 11.1 Å². The maximum atomic E-state index is 12.3. The first kappa shape index (κ1) is 20.6. The molecule has 7 nitrogen and oxygen atoms in total. The predicted octanol–water partition coefficient (Wildman–Crippen LogP) is 2.81. The van der Waals surface area contributed by atoms with Gasteiger partial charge >= 0.3 is 11.8 Å². The lowest BCUT2D eigenvalue weighted by Gasteiger charge is -2.05. The Morgan fingerprint density at radius 3 is 2.47 bits per heavy atom. The van der Waals surface area contributed by atoms with E-state index in [0.29, 0.717) is 12.0 Å². The number of rotatable bonds is 4. The minimum atomic E-state index is -1.22. The van der Waals surface area contributed by atoms with E-state index in [1.165, 1.54) is 0 Å². The highest BCUT2D eigenvalue weighted by molar-refractivity contribution is 6.38. The summed E-state index contributed by atoms with van der Waals surface area (Å²) in [6.07, 6.45) is 2.63. The van der Waals surface area contributed by atoms with Crippen molar-refractivity contribution in [2.45, 2.75) is 6.42 Å². The van der Waals surface area contributed by atoms with Crippen molar-refractivity contribution in [2.24, 2.45) is 5.73 Å². The number of nitrogens with two attached hydrogens (primary N) is 1. The normalized spacial score (nSPS) is 10.5. The molecule has 7 heteroatoms. The predicted molar refractivity (Wildman–Crippen MR) is 118 cm³/mol. The topological polar surface area (TPSA) is 117 Å². The van der Waals surface area contributed by atoms with E-state index in [1.54, 1.807) is 30.3 Å². The van der Waals surface area contributed by atoms with E-state index in [2.05, 4.69) is 16.5 Å². The van der Waals surface area contributed by atoms with Gasteiger partial charge in [0.1, 0.15) is 0 Å². The van der Waals surface area contributed by atoms with Crippen LogP contribution in [0.3, 0.4) is 0 Å². The van der Waals surface area contributed by atoms with Gasteiger partial charge in [0.05, 0.1) is 17.1 Å². The van der Waals surface area contributed by atoms with Crippen molar-refractivity contribution in [2.75, 3.05) is 0 Å². The Morgan fingerprint density at radius 2 is 1.75 bits per heavy atom. The first-order valence-corrected chi connectivity index (χ1v) is 9.80. The molecule has 0 aliphatic carbocycles. The summed E-state index contributed by atoms with van der Waals surface area (Å²) in [7, 11) is 0. The molecule has 0 saturated carbocycles. The molecular weight excluding hydrogens is 404 g/mol. The van der Waals surface area contributed by atoms with E-state index in [9.17, 15) is 14.4 Å². The number of nitrogens with one attached hydrogen (secondary N) is 1. The minimum absolute atomic E-state index is 0.237. The molecule has 4 aromatic rings. The monoisotopic (exact) mass is 422 g/mol. The van der Waals surface area contributed by atoms with Crippen molar-refractivity contribution in [1.29, 1.82) is 5.26 Å². The number of imide groups is 1. The second kappa shape index (κ2) is 8.58. The van der Waals surface area contributed by atoms with Gasteiger partial charge in [0, 0.05) is 29.4 Å². The van der Waals surface area contributed by atoms with Crippen LogP contribution in [0.15, 0.2) is 79.0 Å². The number of nitriles is 1. The van der Waals surface area contributed by atoms with E-state index in [-0.39, 0.29) is 5.56 Å². The van der Waals surface area contributed by atoms with Gasteiger partial charge in [-0.05, 0) is 53.6 Å². The summed E-state index contributed by atoms with van der Waals surface area (Å²) in [6.45, 7) is 0. The molecule has 2 aromatic carbocycles. The first-order chi connectivity index (χ1) is 15.5. The summed E-state index contributed by atoms with van der Waals surface area (Å²) in [4.78, 5) is 34.7. The fraction of sp³-hybridized carbons (Fsp3) is 0.0400. The number of carbonyl (C=O) groups is 3. The third-order valence-electron chi connectivity index (χ3n) is 5.11. The first-order valence-electron chi connectivity index (χ1n) is 9.80. The number of fused-ring (bicyclic) bond motifs is 1. The number of primary amides is 1. The highest BCUT2D eigenvalue weighted by atomic mass is 16.2. The van der Waals surface area contributed by atoms with Crippen LogP contribution in [0.1, 0.15) is 27.2 Å². The van der Waals surface area contributed by atoms with Crippen molar-refractivity contribution < 1.29 is 14.4 Å². The molecule has 0 fully saturated rings. The molecule has 2 heterocycles. The van der Waals surface area contributed by atoms with Crippen LogP contribution in [0, 0.1) is 11.3 Å². The van der Waals surface area contributed by atoms with Crippen molar-refractivity contribution >= 4 is 23.2 Å². The molecule has 0 spiro atoms. The number of hydrogen-bond acceptors (Lipinski definition) is 4. The Balaban J connectivity index is 1.71. The number of nitrogens with zero attached hydrogens (tertiary/aromatic N) is 2. The molecule has 0 saturated heterocycles. The van der Waals surface area contributed by atoms with Crippen molar-refractivity contribution in [1.82, 2.24) is 9.72 Å². The molecular formula is C25H18N4O3. The molecule has 32 heavy (non-hydrogen) atoms. The Kier molecular flexibility index (Phi) is 5.51. The maximum absolute atomic E-state index is 12.3. The minimum Gasteiger partial charge on any atom is -0.361 e. The maximum Gasteiger partial charge on any atom is 0.315 e. The highest BCUT2D eigenvalue weighted by Crippen LogP contribution is 2.30. The van der Waals surface area contributed by atoms with E-state index < -0.39 is 17.7 Å². The zero-order chi connectivity index (χ0) is 22.7. The number of benzene rings is 2. The quantitative estimate of drug-likeness (QED) is 0.492. The largest absolute Gasteiger partial charge is 0.361 e. The van der Waals surface area contributed by atoms with Crippen LogP contribution in [0.5, 0.6) is 0 Å². The summed E-state index contributed by atoms with van der Waals surface area (Å²) in [5.41, 5.74) is 10.5. The summed E-state index contributed by atoms with van der Waals surface area (Å²) >= 11 is 0. The molecule has 0 bridgehead atoms. The summed E-state index contributed by atoms with van der Waals surface area (Å²) in [5, 5.41) is 11.0. The Morgan fingerprint density at radius 1 is 0.969 bits per heavy atom. The van der Waals surface area contributed by atoms with Gasteiger partial charge < -0.3 is 10.1 Å². The smallest absolute Gasteiger partial charge is 0.315 e. The average molecular weight is 422 g/mol. The Bertz CT molecular complexity index is 1390. The second-order valence-corrected chi connectivity index (χ2v) is 7.22. The molecule has 0 aliphatic rings. The molecule has 0 aliphatic heterocycles. The van der Waals surface area contributed by atoms with Crippen LogP contribution in [0.25, 0.3) is 16.6 Å². The van der Waals surface area contributed by atoms with Crippen molar-refractivity contribution in [3.05, 3.63) is 101 Å². The SMILES string of the molecule is N#Cc1ccc(Cc2cc(-c3cccc(C(=O)NC(=O)C(N)=O)c3)c3ccccn23)cc1. The van der Waals surface area contributed by atoms with Gasteiger partial charge in [0.2, 0.25) is 0 Å². The number of hydrogen-bond donors (Lipinski definition) is 2. The molecule has 2 aromatic heterocycles. The molecule has 156 valence electrons.